The van der Waals surface area contributed by atoms with Crippen LogP contribution in [0.3, 0.4) is 0 Å². The molecule has 0 aliphatic carbocycles. The van der Waals surface area contributed by atoms with Crippen molar-refractivity contribution in [2.75, 3.05) is 7.11 Å². The number of aryl methyl sites for hydroxylation is 1. The second-order valence-corrected chi connectivity index (χ2v) is 6.42. The molecule has 1 aromatic rings. The molecule has 18 heavy (non-hydrogen) atoms. The van der Waals surface area contributed by atoms with Crippen molar-refractivity contribution in [1.29, 1.82) is 0 Å². The summed E-state index contributed by atoms with van der Waals surface area (Å²) in [6.07, 6.45) is 1.73. The zero-order valence-electron chi connectivity index (χ0n) is 11.8. The summed E-state index contributed by atoms with van der Waals surface area (Å²) in [4.78, 5) is 0. The molecule has 0 amide bonds. The molecule has 0 saturated heterocycles. The average molecular weight is 319 g/mol. The van der Waals surface area contributed by atoms with Gasteiger partial charge in [-0.25, -0.2) is 0 Å². The van der Waals surface area contributed by atoms with Crippen LogP contribution in [0.5, 0.6) is 0 Å². The number of hydrogen-bond donors (Lipinski definition) is 1. The van der Waals surface area contributed by atoms with Crippen molar-refractivity contribution in [2.45, 2.75) is 52.9 Å². The lowest BCUT2D eigenvalue weighted by Crippen LogP contribution is -2.35. The van der Waals surface area contributed by atoms with Crippen LogP contribution in [0.2, 0.25) is 0 Å². The third-order valence-corrected chi connectivity index (χ3v) is 3.55. The van der Waals surface area contributed by atoms with Crippen LogP contribution in [0.15, 0.2) is 10.7 Å². The molecule has 0 bridgehead atoms. The molecule has 0 radical (unpaired) electrons. The van der Waals surface area contributed by atoms with Gasteiger partial charge in [0.2, 0.25) is 0 Å². The molecule has 0 aliphatic rings. The molecule has 0 saturated carbocycles. The number of aromatic nitrogens is 2. The van der Waals surface area contributed by atoms with Crippen LogP contribution in [0, 0.1) is 5.41 Å². The first-order valence-electron chi connectivity index (χ1n) is 6.25. The van der Waals surface area contributed by atoms with Crippen LogP contribution in [0.4, 0.5) is 0 Å². The van der Waals surface area contributed by atoms with E-state index in [-0.39, 0.29) is 11.5 Å². The van der Waals surface area contributed by atoms with Gasteiger partial charge in [0, 0.05) is 13.7 Å². The second kappa shape index (κ2) is 6.17. The minimum atomic E-state index is -0.696. The molecule has 1 heterocycles. The first kappa shape index (κ1) is 15.7. The number of aliphatic hydroxyl groups is 1. The van der Waals surface area contributed by atoms with E-state index in [0.717, 1.165) is 23.1 Å². The summed E-state index contributed by atoms with van der Waals surface area (Å²) in [6.45, 7) is 9.04. The predicted molar refractivity (Wildman–Crippen MR) is 75.4 cm³/mol. The van der Waals surface area contributed by atoms with Crippen LogP contribution in [-0.2, 0) is 11.3 Å². The Morgan fingerprint density at radius 2 is 2.11 bits per heavy atom. The Labute approximate surface area is 117 Å². The van der Waals surface area contributed by atoms with E-state index in [0.29, 0.717) is 0 Å². The van der Waals surface area contributed by atoms with Crippen molar-refractivity contribution >= 4 is 15.9 Å². The van der Waals surface area contributed by atoms with Crippen molar-refractivity contribution in [3.63, 3.8) is 0 Å². The summed E-state index contributed by atoms with van der Waals surface area (Å²) >= 11 is 3.45. The van der Waals surface area contributed by atoms with Gasteiger partial charge in [-0.15, -0.1) is 0 Å². The number of aliphatic hydroxyl groups excluding tert-OH is 1. The molecule has 1 rings (SSSR count). The van der Waals surface area contributed by atoms with E-state index >= 15 is 0 Å². The fourth-order valence-corrected chi connectivity index (χ4v) is 2.69. The number of halogens is 1. The average Bonchev–Trinajstić information content (AvgIpc) is 2.59. The van der Waals surface area contributed by atoms with Gasteiger partial charge in [0.1, 0.15) is 6.10 Å². The quantitative estimate of drug-likeness (QED) is 0.907. The van der Waals surface area contributed by atoms with Gasteiger partial charge < -0.3 is 9.84 Å². The van der Waals surface area contributed by atoms with Gasteiger partial charge >= 0.3 is 0 Å². The van der Waals surface area contributed by atoms with Crippen molar-refractivity contribution in [3.05, 3.63) is 16.4 Å². The molecular weight excluding hydrogens is 296 g/mol. The van der Waals surface area contributed by atoms with Crippen molar-refractivity contribution in [1.82, 2.24) is 9.78 Å². The summed E-state index contributed by atoms with van der Waals surface area (Å²) < 4.78 is 8.14. The largest absolute Gasteiger partial charge is 0.384 e. The highest BCUT2D eigenvalue weighted by Crippen LogP contribution is 2.35. The van der Waals surface area contributed by atoms with Crippen LogP contribution < -0.4 is 0 Å². The molecule has 1 N–H and O–H groups in total. The maximum atomic E-state index is 10.6. The van der Waals surface area contributed by atoms with Gasteiger partial charge in [-0.3, -0.25) is 4.68 Å². The van der Waals surface area contributed by atoms with E-state index in [2.05, 4.69) is 48.7 Å². The van der Waals surface area contributed by atoms with Gasteiger partial charge in [-0.1, -0.05) is 27.7 Å². The first-order chi connectivity index (χ1) is 8.32. The summed E-state index contributed by atoms with van der Waals surface area (Å²) in [6, 6.07) is 0. The minimum absolute atomic E-state index is 0.144. The molecule has 0 spiro atoms. The van der Waals surface area contributed by atoms with Gasteiger partial charge in [0.15, 0.2) is 0 Å². The second-order valence-electron chi connectivity index (χ2n) is 5.57. The Morgan fingerprint density at radius 1 is 1.50 bits per heavy atom. The Hall–Kier alpha value is -0.390. The van der Waals surface area contributed by atoms with Crippen LogP contribution in [0.25, 0.3) is 0 Å². The zero-order chi connectivity index (χ0) is 13.9. The Morgan fingerprint density at radius 3 is 2.56 bits per heavy atom. The highest BCUT2D eigenvalue weighted by Gasteiger charge is 2.35. The van der Waals surface area contributed by atoms with E-state index in [1.807, 2.05) is 4.68 Å². The SMILES string of the molecule is CCCn1ncc(Br)c1C(O)C(OC)C(C)(C)C. The number of rotatable bonds is 5. The Bertz CT molecular complexity index is 385. The molecule has 4 nitrogen and oxygen atoms in total. The van der Waals surface area contributed by atoms with E-state index in [9.17, 15) is 5.11 Å². The number of ether oxygens (including phenoxy) is 1. The van der Waals surface area contributed by atoms with E-state index in [4.69, 9.17) is 4.74 Å². The highest BCUT2D eigenvalue weighted by atomic mass is 79.9. The van der Waals surface area contributed by atoms with Crippen molar-refractivity contribution in [3.8, 4) is 0 Å². The smallest absolute Gasteiger partial charge is 0.123 e. The monoisotopic (exact) mass is 318 g/mol. The standard InChI is InChI=1S/C13H23BrN2O2/c1-6-7-16-10(9(14)8-15-16)11(17)12(18-5)13(2,3)4/h8,11-12,17H,6-7H2,1-5H3. The molecule has 0 aliphatic heterocycles. The molecule has 5 heteroatoms. The summed E-state index contributed by atoms with van der Waals surface area (Å²) in [7, 11) is 1.63. The lowest BCUT2D eigenvalue weighted by molar-refractivity contribution is -0.0757. The normalized spacial score (nSPS) is 15.7. The number of nitrogens with zero attached hydrogens (tertiary/aromatic N) is 2. The van der Waals surface area contributed by atoms with Crippen molar-refractivity contribution < 1.29 is 9.84 Å². The van der Waals surface area contributed by atoms with Gasteiger partial charge in [0.25, 0.3) is 0 Å². The van der Waals surface area contributed by atoms with Gasteiger partial charge in [-0.2, -0.15) is 5.10 Å². The lowest BCUT2D eigenvalue weighted by atomic mass is 9.84. The molecule has 2 unspecified atom stereocenters. The predicted octanol–water partition coefficient (Wildman–Crippen LogP) is 3.15. The minimum Gasteiger partial charge on any atom is -0.384 e. The van der Waals surface area contributed by atoms with Crippen LogP contribution in [-0.4, -0.2) is 28.1 Å². The Balaban J connectivity index is 3.08. The third-order valence-electron chi connectivity index (χ3n) is 2.94. The van der Waals surface area contributed by atoms with Gasteiger partial charge in [-0.05, 0) is 27.8 Å². The van der Waals surface area contributed by atoms with E-state index in [1.54, 1.807) is 13.3 Å². The summed E-state index contributed by atoms with van der Waals surface area (Å²) in [5, 5.41) is 14.9. The van der Waals surface area contributed by atoms with Crippen LogP contribution in [0.1, 0.15) is 45.9 Å². The lowest BCUT2D eigenvalue weighted by Gasteiger charge is -2.33. The maximum Gasteiger partial charge on any atom is 0.123 e. The summed E-state index contributed by atoms with van der Waals surface area (Å²) in [5.74, 6) is 0. The third kappa shape index (κ3) is 3.33. The summed E-state index contributed by atoms with van der Waals surface area (Å²) in [5.41, 5.74) is 0.646. The first-order valence-corrected chi connectivity index (χ1v) is 7.04. The highest BCUT2D eigenvalue weighted by molar-refractivity contribution is 9.10. The van der Waals surface area contributed by atoms with E-state index < -0.39 is 6.10 Å². The van der Waals surface area contributed by atoms with Gasteiger partial charge in [0.05, 0.1) is 22.5 Å². The molecule has 1 aromatic heterocycles. The van der Waals surface area contributed by atoms with E-state index in [1.165, 1.54) is 0 Å². The zero-order valence-corrected chi connectivity index (χ0v) is 13.4. The molecular formula is C13H23BrN2O2. The maximum absolute atomic E-state index is 10.6. The Kier molecular flexibility index (Phi) is 5.37. The van der Waals surface area contributed by atoms with Crippen molar-refractivity contribution in [2.24, 2.45) is 5.41 Å². The molecule has 0 aromatic carbocycles. The fraction of sp³-hybridized carbons (Fsp3) is 0.769. The van der Waals surface area contributed by atoms with Crippen LogP contribution >= 0.6 is 15.9 Å². The number of methoxy groups -OCH3 is 1. The topological polar surface area (TPSA) is 47.3 Å². The molecule has 0 fully saturated rings. The molecule has 104 valence electrons. The fourth-order valence-electron chi connectivity index (χ4n) is 2.16. The number of hydrogen-bond acceptors (Lipinski definition) is 3. The molecule has 2 atom stereocenters.